The average Bonchev–Trinajstić information content (AvgIpc) is 2.40. The standard InChI is InChI=1S/C12H13N3O3/c13-9-1-3-10(4-2-9)15(16)18-12-7-5-11(17-14)6-8-12/h1-8,15H,13-14H2. The molecule has 0 spiro atoms. The number of hydrogen-bond donors (Lipinski definition) is 3. The Morgan fingerprint density at radius 3 is 2.00 bits per heavy atom. The fraction of sp³-hybridized carbons (Fsp3) is 0. The minimum atomic E-state index is -0.448. The Hall–Kier alpha value is -2.28. The summed E-state index contributed by atoms with van der Waals surface area (Å²) in [7, 11) is 0. The smallest absolute Gasteiger partial charge is 0.191 e. The van der Waals surface area contributed by atoms with Gasteiger partial charge in [0, 0.05) is 17.8 Å². The highest BCUT2D eigenvalue weighted by atomic mass is 16.9. The molecule has 18 heavy (non-hydrogen) atoms. The highest BCUT2D eigenvalue weighted by Gasteiger charge is 2.05. The van der Waals surface area contributed by atoms with E-state index in [1.807, 2.05) is 0 Å². The first-order chi connectivity index (χ1) is 8.69. The fourth-order valence-electron chi connectivity index (χ4n) is 1.37. The van der Waals surface area contributed by atoms with Crippen LogP contribution in [-0.4, -0.2) is 0 Å². The molecule has 0 aliphatic rings. The van der Waals surface area contributed by atoms with Crippen LogP contribution in [0.3, 0.4) is 0 Å². The van der Waals surface area contributed by atoms with Crippen LogP contribution in [0.5, 0.6) is 11.5 Å². The third-order valence-electron chi connectivity index (χ3n) is 2.32. The zero-order chi connectivity index (χ0) is 13.0. The molecule has 0 aliphatic heterocycles. The lowest BCUT2D eigenvalue weighted by Gasteiger charge is -2.19. The minimum absolute atomic E-state index is 0.414. The lowest BCUT2D eigenvalue weighted by atomic mass is 10.3. The fourth-order valence-corrected chi connectivity index (χ4v) is 1.37. The van der Waals surface area contributed by atoms with Crippen LogP contribution in [0.1, 0.15) is 0 Å². The Morgan fingerprint density at radius 1 is 0.889 bits per heavy atom. The molecule has 6 nitrogen and oxygen atoms in total. The molecule has 2 aromatic carbocycles. The van der Waals surface area contributed by atoms with Gasteiger partial charge in [-0.1, -0.05) is 0 Å². The molecule has 0 radical (unpaired) electrons. The van der Waals surface area contributed by atoms with Crippen LogP contribution in [0.15, 0.2) is 48.5 Å². The van der Waals surface area contributed by atoms with Gasteiger partial charge >= 0.3 is 0 Å². The predicted molar refractivity (Wildman–Crippen MR) is 66.7 cm³/mol. The Morgan fingerprint density at radius 2 is 1.44 bits per heavy atom. The van der Waals surface area contributed by atoms with E-state index in [4.69, 9.17) is 16.5 Å². The summed E-state index contributed by atoms with van der Waals surface area (Å²) in [5, 5.41) is 11.3. The SMILES string of the molecule is NOc1ccc(O[NH+]([O-])c2ccc(N)cc2)cc1. The number of nitrogens with two attached hydrogens (primary N) is 2. The van der Waals surface area contributed by atoms with Crippen molar-refractivity contribution in [2.75, 3.05) is 5.73 Å². The van der Waals surface area contributed by atoms with E-state index < -0.39 is 5.23 Å². The minimum Gasteiger partial charge on any atom is -0.585 e. The van der Waals surface area contributed by atoms with Gasteiger partial charge in [0.25, 0.3) is 0 Å². The largest absolute Gasteiger partial charge is 0.585 e. The van der Waals surface area contributed by atoms with Crippen molar-refractivity contribution in [1.29, 1.82) is 0 Å². The van der Waals surface area contributed by atoms with Crippen LogP contribution in [0, 0.1) is 5.21 Å². The molecule has 0 heterocycles. The number of quaternary nitrogens is 1. The van der Waals surface area contributed by atoms with E-state index in [0.717, 1.165) is 0 Å². The molecular formula is C12H13N3O3. The van der Waals surface area contributed by atoms with Crippen molar-refractivity contribution >= 4 is 11.4 Å². The highest BCUT2D eigenvalue weighted by molar-refractivity contribution is 5.44. The summed E-state index contributed by atoms with van der Waals surface area (Å²) >= 11 is 0. The number of rotatable bonds is 4. The van der Waals surface area contributed by atoms with Gasteiger partial charge in [0.2, 0.25) is 0 Å². The molecule has 2 rings (SSSR count). The molecule has 94 valence electrons. The van der Waals surface area contributed by atoms with E-state index >= 15 is 0 Å². The summed E-state index contributed by atoms with van der Waals surface area (Å²) in [4.78, 5) is 9.68. The van der Waals surface area contributed by atoms with Crippen molar-refractivity contribution < 1.29 is 14.9 Å². The molecule has 0 amide bonds. The maximum Gasteiger partial charge on any atom is 0.191 e. The summed E-state index contributed by atoms with van der Waals surface area (Å²) in [6.07, 6.45) is 0. The number of benzene rings is 2. The van der Waals surface area contributed by atoms with Gasteiger partial charge < -0.3 is 20.6 Å². The van der Waals surface area contributed by atoms with Crippen molar-refractivity contribution in [2.24, 2.45) is 5.90 Å². The first kappa shape index (κ1) is 12.2. The maximum absolute atomic E-state index is 11.8. The van der Waals surface area contributed by atoms with Gasteiger partial charge in [-0.15, -0.1) is 5.23 Å². The summed E-state index contributed by atoms with van der Waals surface area (Å²) in [6.45, 7) is 0. The van der Waals surface area contributed by atoms with Crippen LogP contribution in [0.4, 0.5) is 11.4 Å². The topological polar surface area (TPSA) is 98.0 Å². The normalized spacial score (nSPS) is 11.9. The second kappa shape index (κ2) is 5.37. The van der Waals surface area contributed by atoms with E-state index in [0.29, 0.717) is 22.9 Å². The molecule has 0 bridgehead atoms. The van der Waals surface area contributed by atoms with E-state index in [1.165, 1.54) is 0 Å². The van der Waals surface area contributed by atoms with Crippen molar-refractivity contribution in [3.63, 3.8) is 0 Å². The Balaban J connectivity index is 2.05. The molecule has 1 atom stereocenters. The van der Waals surface area contributed by atoms with Crippen LogP contribution in [0.25, 0.3) is 0 Å². The number of nitrogen functional groups attached to an aromatic ring is 1. The van der Waals surface area contributed by atoms with Crippen molar-refractivity contribution in [3.8, 4) is 11.5 Å². The third kappa shape index (κ3) is 2.89. The van der Waals surface area contributed by atoms with Crippen molar-refractivity contribution in [3.05, 3.63) is 53.7 Å². The quantitative estimate of drug-likeness (QED) is 0.540. The number of nitrogens with one attached hydrogen (secondary N) is 1. The van der Waals surface area contributed by atoms with Gasteiger partial charge in [-0.05, 0) is 36.4 Å². The van der Waals surface area contributed by atoms with Crippen LogP contribution < -0.4 is 26.5 Å². The van der Waals surface area contributed by atoms with Crippen molar-refractivity contribution in [1.82, 2.24) is 0 Å². The van der Waals surface area contributed by atoms with E-state index in [1.54, 1.807) is 48.5 Å². The van der Waals surface area contributed by atoms with Crippen LogP contribution in [-0.2, 0) is 0 Å². The van der Waals surface area contributed by atoms with Gasteiger partial charge in [-0.25, -0.2) is 0 Å². The average molecular weight is 247 g/mol. The van der Waals surface area contributed by atoms with E-state index in [-0.39, 0.29) is 0 Å². The highest BCUT2D eigenvalue weighted by Crippen LogP contribution is 2.15. The lowest BCUT2D eigenvalue weighted by Crippen LogP contribution is -3.04. The molecule has 1 unspecified atom stereocenters. The Kier molecular flexibility index (Phi) is 3.63. The second-order valence-electron chi connectivity index (χ2n) is 3.60. The molecule has 0 aromatic heterocycles. The summed E-state index contributed by atoms with van der Waals surface area (Å²) in [5.41, 5.74) is 6.56. The van der Waals surface area contributed by atoms with E-state index in [9.17, 15) is 5.21 Å². The first-order valence-electron chi connectivity index (χ1n) is 5.23. The van der Waals surface area contributed by atoms with Crippen molar-refractivity contribution in [2.45, 2.75) is 0 Å². The van der Waals surface area contributed by atoms with Gasteiger partial charge in [-0.3, -0.25) is 0 Å². The summed E-state index contributed by atoms with van der Waals surface area (Å²) < 4.78 is 0. The van der Waals surface area contributed by atoms with E-state index in [2.05, 4.69) is 4.84 Å². The van der Waals surface area contributed by atoms with Gasteiger partial charge in [0.15, 0.2) is 11.4 Å². The van der Waals surface area contributed by atoms with Crippen LogP contribution >= 0.6 is 0 Å². The molecule has 0 aliphatic carbocycles. The molecule has 0 saturated carbocycles. The number of anilines is 1. The monoisotopic (exact) mass is 247 g/mol. The first-order valence-corrected chi connectivity index (χ1v) is 5.23. The van der Waals surface area contributed by atoms with Gasteiger partial charge in [0.05, 0.1) is 0 Å². The molecule has 6 heteroatoms. The maximum atomic E-state index is 11.8. The van der Waals surface area contributed by atoms with Crippen LogP contribution in [0.2, 0.25) is 0 Å². The molecule has 2 aromatic rings. The third-order valence-corrected chi connectivity index (χ3v) is 2.32. The summed E-state index contributed by atoms with van der Waals surface area (Å²) in [5.74, 6) is 5.89. The predicted octanol–water partition coefficient (Wildman–Crippen LogP) is 0.529. The zero-order valence-electron chi connectivity index (χ0n) is 9.50. The Labute approximate surface area is 104 Å². The Bertz CT molecular complexity index is 499. The van der Waals surface area contributed by atoms with Gasteiger partial charge in [-0.2, -0.15) is 5.90 Å². The summed E-state index contributed by atoms with van der Waals surface area (Å²) in [6, 6.07) is 12.9. The molecule has 0 fully saturated rings. The molecule has 5 N–H and O–H groups in total. The second-order valence-corrected chi connectivity index (χ2v) is 3.60. The molecular weight excluding hydrogens is 234 g/mol. The zero-order valence-corrected chi connectivity index (χ0v) is 9.50. The van der Waals surface area contributed by atoms with Gasteiger partial charge in [0.1, 0.15) is 5.75 Å². The molecule has 0 saturated heterocycles. The number of hydrogen-bond acceptors (Lipinski definition) is 5. The lowest BCUT2D eigenvalue weighted by molar-refractivity contribution is -0.963.